The fourth-order valence-corrected chi connectivity index (χ4v) is 2.75. The molecule has 136 valence electrons. The third kappa shape index (κ3) is 6.22. The van der Waals surface area contributed by atoms with E-state index in [1.165, 1.54) is 13.2 Å². The number of hydrogen-bond donors (Lipinski definition) is 2. The summed E-state index contributed by atoms with van der Waals surface area (Å²) in [5, 5.41) is 10.3. The van der Waals surface area contributed by atoms with E-state index in [1.807, 2.05) is 23.8 Å². The van der Waals surface area contributed by atoms with E-state index in [0.717, 1.165) is 5.56 Å². The van der Waals surface area contributed by atoms with Crippen LogP contribution in [0.15, 0.2) is 40.0 Å². The highest BCUT2D eigenvalue weighted by Crippen LogP contribution is 2.26. The Hall–Kier alpha value is -2.35. The molecule has 0 amide bonds. The maximum absolute atomic E-state index is 12.6. The van der Waals surface area contributed by atoms with Gasteiger partial charge in [-0.15, -0.1) is 0 Å². The minimum absolute atomic E-state index is 0.0792. The molecule has 5 nitrogen and oxygen atoms in total. The van der Waals surface area contributed by atoms with Crippen molar-refractivity contribution >= 4 is 17.3 Å². The van der Waals surface area contributed by atoms with Gasteiger partial charge in [-0.1, -0.05) is 0 Å². The summed E-state index contributed by atoms with van der Waals surface area (Å²) in [7, 11) is 1.47. The SMILES string of the molecule is CCNC(=NCc1ccsc1)NCc1ccc(OC)cc1OC(F)F. The lowest BCUT2D eigenvalue weighted by molar-refractivity contribution is -0.0505. The number of halogens is 2. The molecule has 2 N–H and O–H groups in total. The first-order valence-corrected chi connectivity index (χ1v) is 8.71. The van der Waals surface area contributed by atoms with Gasteiger partial charge in [0.05, 0.1) is 13.7 Å². The lowest BCUT2D eigenvalue weighted by atomic mass is 10.2. The first-order chi connectivity index (χ1) is 12.1. The number of nitrogens with zero attached hydrogens (tertiary/aromatic N) is 1. The molecular formula is C17H21F2N3O2S. The molecule has 0 aliphatic carbocycles. The zero-order chi connectivity index (χ0) is 18.1. The summed E-state index contributed by atoms with van der Waals surface area (Å²) < 4.78 is 34.9. The van der Waals surface area contributed by atoms with E-state index in [0.29, 0.717) is 36.9 Å². The third-order valence-corrected chi connectivity index (χ3v) is 4.01. The Balaban J connectivity index is 2.06. The van der Waals surface area contributed by atoms with Crippen LogP contribution in [0.2, 0.25) is 0 Å². The van der Waals surface area contributed by atoms with Crippen molar-refractivity contribution in [3.63, 3.8) is 0 Å². The van der Waals surface area contributed by atoms with Crippen LogP contribution in [0, 0.1) is 0 Å². The monoisotopic (exact) mass is 369 g/mol. The Morgan fingerprint density at radius 1 is 1.28 bits per heavy atom. The Kier molecular flexibility index (Phi) is 7.46. The van der Waals surface area contributed by atoms with Gasteiger partial charge in [0.25, 0.3) is 0 Å². The van der Waals surface area contributed by atoms with Crippen molar-refractivity contribution in [1.82, 2.24) is 10.6 Å². The van der Waals surface area contributed by atoms with Crippen molar-refractivity contribution in [3.8, 4) is 11.5 Å². The van der Waals surface area contributed by atoms with Crippen molar-refractivity contribution in [2.45, 2.75) is 26.6 Å². The van der Waals surface area contributed by atoms with Gasteiger partial charge >= 0.3 is 6.61 Å². The van der Waals surface area contributed by atoms with Gasteiger partial charge in [-0.25, -0.2) is 4.99 Å². The van der Waals surface area contributed by atoms with Gasteiger partial charge in [-0.05, 0) is 41.4 Å². The average molecular weight is 369 g/mol. The molecule has 25 heavy (non-hydrogen) atoms. The molecule has 0 atom stereocenters. The Morgan fingerprint density at radius 3 is 2.76 bits per heavy atom. The number of methoxy groups -OCH3 is 1. The molecule has 1 aromatic heterocycles. The highest BCUT2D eigenvalue weighted by atomic mass is 32.1. The molecule has 2 aromatic rings. The summed E-state index contributed by atoms with van der Waals surface area (Å²) in [6.07, 6.45) is 0. The molecule has 8 heteroatoms. The van der Waals surface area contributed by atoms with Gasteiger partial charge in [0.2, 0.25) is 0 Å². The van der Waals surface area contributed by atoms with Gasteiger partial charge in [0, 0.05) is 24.7 Å². The Morgan fingerprint density at radius 2 is 2.12 bits per heavy atom. The highest BCUT2D eigenvalue weighted by Gasteiger charge is 2.11. The lowest BCUT2D eigenvalue weighted by Gasteiger charge is -2.15. The molecule has 2 rings (SSSR count). The molecule has 0 aliphatic rings. The number of benzene rings is 1. The molecule has 0 aliphatic heterocycles. The predicted molar refractivity (Wildman–Crippen MR) is 95.6 cm³/mol. The number of alkyl halides is 2. The molecule has 0 unspecified atom stereocenters. The average Bonchev–Trinajstić information content (AvgIpc) is 3.11. The normalized spacial score (nSPS) is 11.5. The summed E-state index contributed by atoms with van der Waals surface area (Å²) in [6.45, 7) is 0.592. The molecule has 0 fully saturated rings. The van der Waals surface area contributed by atoms with Crippen LogP contribution < -0.4 is 20.1 Å². The molecule has 0 saturated heterocycles. The van der Waals surface area contributed by atoms with Gasteiger partial charge < -0.3 is 20.1 Å². The predicted octanol–water partition coefficient (Wildman–Crippen LogP) is 3.61. The lowest BCUT2D eigenvalue weighted by Crippen LogP contribution is -2.36. The van der Waals surface area contributed by atoms with E-state index >= 15 is 0 Å². The number of guanidine groups is 1. The number of thiophene rings is 1. The fourth-order valence-electron chi connectivity index (χ4n) is 2.09. The molecular weight excluding hydrogens is 348 g/mol. The highest BCUT2D eigenvalue weighted by molar-refractivity contribution is 7.07. The van der Waals surface area contributed by atoms with Gasteiger partial charge in [-0.2, -0.15) is 20.1 Å². The molecule has 1 aromatic carbocycles. The van der Waals surface area contributed by atoms with Crippen LogP contribution in [-0.2, 0) is 13.1 Å². The van der Waals surface area contributed by atoms with Crippen LogP contribution >= 0.6 is 11.3 Å². The zero-order valence-corrected chi connectivity index (χ0v) is 14.9. The summed E-state index contributed by atoms with van der Waals surface area (Å²) in [5.41, 5.74) is 1.70. The largest absolute Gasteiger partial charge is 0.497 e. The third-order valence-electron chi connectivity index (χ3n) is 3.28. The van der Waals surface area contributed by atoms with Crippen LogP contribution in [0.3, 0.4) is 0 Å². The van der Waals surface area contributed by atoms with Crippen LogP contribution in [0.5, 0.6) is 11.5 Å². The van der Waals surface area contributed by atoms with E-state index in [2.05, 4.69) is 20.4 Å². The standard InChI is InChI=1S/C17H21F2N3O2S/c1-3-20-17(21-9-12-6-7-25-11-12)22-10-13-4-5-14(23-2)8-15(13)24-16(18)19/h4-8,11,16H,3,9-10H2,1-2H3,(H2,20,21,22). The fraction of sp³-hybridized carbons (Fsp3) is 0.353. The Labute approximate surface area is 149 Å². The number of nitrogens with one attached hydrogen (secondary N) is 2. The molecule has 0 bridgehead atoms. The number of aliphatic imine (C=N–C) groups is 1. The second kappa shape index (κ2) is 9.83. The number of rotatable bonds is 8. The topological polar surface area (TPSA) is 54.9 Å². The van der Waals surface area contributed by atoms with Crippen LogP contribution in [0.1, 0.15) is 18.1 Å². The van der Waals surface area contributed by atoms with Crippen molar-refractivity contribution in [2.75, 3.05) is 13.7 Å². The smallest absolute Gasteiger partial charge is 0.387 e. The Bertz CT molecular complexity index is 679. The van der Waals surface area contributed by atoms with E-state index in [9.17, 15) is 8.78 Å². The second-order valence-electron chi connectivity index (χ2n) is 5.03. The minimum Gasteiger partial charge on any atom is -0.497 e. The first kappa shape index (κ1) is 19.0. The maximum Gasteiger partial charge on any atom is 0.387 e. The van der Waals surface area contributed by atoms with Crippen LogP contribution in [0.4, 0.5) is 8.78 Å². The van der Waals surface area contributed by atoms with E-state index in [-0.39, 0.29) is 5.75 Å². The van der Waals surface area contributed by atoms with Gasteiger partial charge in [-0.3, -0.25) is 0 Å². The van der Waals surface area contributed by atoms with E-state index < -0.39 is 6.61 Å². The minimum atomic E-state index is -2.90. The first-order valence-electron chi connectivity index (χ1n) is 7.77. The summed E-state index contributed by atoms with van der Waals surface area (Å²) in [4.78, 5) is 4.48. The quantitative estimate of drug-likeness (QED) is 0.551. The van der Waals surface area contributed by atoms with Crippen LogP contribution in [0.25, 0.3) is 0 Å². The molecule has 0 saturated carbocycles. The summed E-state index contributed by atoms with van der Waals surface area (Å²) in [5.74, 6) is 1.14. The number of hydrogen-bond acceptors (Lipinski definition) is 4. The van der Waals surface area contributed by atoms with Gasteiger partial charge in [0.15, 0.2) is 5.96 Å². The van der Waals surface area contributed by atoms with E-state index in [4.69, 9.17) is 4.74 Å². The van der Waals surface area contributed by atoms with Crippen molar-refractivity contribution in [3.05, 3.63) is 46.2 Å². The van der Waals surface area contributed by atoms with E-state index in [1.54, 1.807) is 23.5 Å². The van der Waals surface area contributed by atoms with Crippen LogP contribution in [-0.4, -0.2) is 26.2 Å². The molecule has 0 spiro atoms. The van der Waals surface area contributed by atoms with Crippen molar-refractivity contribution in [2.24, 2.45) is 4.99 Å². The summed E-state index contributed by atoms with van der Waals surface area (Å²) >= 11 is 1.62. The second-order valence-corrected chi connectivity index (χ2v) is 5.81. The van der Waals surface area contributed by atoms with Gasteiger partial charge in [0.1, 0.15) is 11.5 Å². The van der Waals surface area contributed by atoms with Crippen molar-refractivity contribution < 1.29 is 18.3 Å². The molecule has 1 heterocycles. The molecule has 0 radical (unpaired) electrons. The summed E-state index contributed by atoms with van der Waals surface area (Å²) in [6, 6.07) is 6.84. The number of ether oxygens (including phenoxy) is 2. The maximum atomic E-state index is 12.6. The zero-order valence-electron chi connectivity index (χ0n) is 14.1. The van der Waals surface area contributed by atoms with Crippen molar-refractivity contribution in [1.29, 1.82) is 0 Å².